The third-order valence-electron chi connectivity index (χ3n) is 7.47. The number of amides is 1. The summed E-state index contributed by atoms with van der Waals surface area (Å²) < 4.78 is 61.1. The molecule has 0 saturated carbocycles. The van der Waals surface area contributed by atoms with E-state index in [0.29, 0.717) is 0 Å². The van der Waals surface area contributed by atoms with E-state index in [1.54, 1.807) is 0 Å². The maximum atomic E-state index is 12.6. The van der Waals surface area contributed by atoms with Gasteiger partial charge in [0.05, 0.1) is 44.9 Å². The van der Waals surface area contributed by atoms with Crippen LogP contribution in [0, 0.1) is 0 Å². The fraction of sp³-hybridized carbons (Fsp3) is 0.708. The van der Waals surface area contributed by atoms with Crippen LogP contribution < -0.4 is 16.6 Å². The van der Waals surface area contributed by atoms with Gasteiger partial charge in [-0.05, 0) is 5.53 Å². The smallest absolute Gasteiger partial charge is 0.388 e. The molecular weight excluding hydrogens is 750 g/mol. The van der Waals surface area contributed by atoms with E-state index in [9.17, 15) is 54.0 Å². The van der Waals surface area contributed by atoms with Crippen LogP contribution in [0.15, 0.2) is 22.3 Å². The van der Waals surface area contributed by atoms with E-state index in [1.165, 1.54) is 10.6 Å². The number of aromatic amines is 1. The zero-order chi connectivity index (χ0) is 38.2. The van der Waals surface area contributed by atoms with Gasteiger partial charge < -0.3 is 74.9 Å². The minimum Gasteiger partial charge on any atom is -0.388 e. The molecule has 28 heteroatoms. The maximum Gasteiger partial charge on any atom is 0.483 e. The molecule has 2 aromatic rings. The lowest BCUT2D eigenvalue weighted by Gasteiger charge is -2.40. The largest absolute Gasteiger partial charge is 0.483 e. The molecule has 2 aromatic heterocycles. The van der Waals surface area contributed by atoms with Crippen LogP contribution in [-0.4, -0.2) is 151 Å². The van der Waals surface area contributed by atoms with Gasteiger partial charge in [-0.3, -0.25) is 18.6 Å². The zero-order valence-corrected chi connectivity index (χ0v) is 28.6. The molecule has 2 aliphatic rings. The first-order chi connectivity index (χ1) is 24.5. The number of carbonyl (C=O) groups is 1. The number of imidazole rings is 1. The Morgan fingerprint density at radius 2 is 1.71 bits per heavy atom. The van der Waals surface area contributed by atoms with Crippen molar-refractivity contribution in [1.82, 2.24) is 19.9 Å². The van der Waals surface area contributed by atoms with E-state index in [4.69, 9.17) is 30.2 Å². The van der Waals surface area contributed by atoms with Gasteiger partial charge in [-0.15, -0.1) is 0 Å². The lowest BCUT2D eigenvalue weighted by Crippen LogP contribution is -2.60. The third kappa shape index (κ3) is 11.0. The van der Waals surface area contributed by atoms with Gasteiger partial charge in [-0.25, -0.2) is 14.1 Å². The quantitative estimate of drug-likeness (QED) is 0.0221. The normalized spacial score (nSPS) is 30.0. The fourth-order valence-corrected chi connectivity index (χ4v) is 7.10. The molecule has 52 heavy (non-hydrogen) atoms. The molecule has 7 unspecified atom stereocenters. The number of carbonyl (C=O) groups excluding carboxylic acids is 1. The van der Waals surface area contributed by atoms with Gasteiger partial charge in [-0.2, -0.15) is 4.31 Å². The van der Waals surface area contributed by atoms with Gasteiger partial charge in [0.25, 0.3) is 5.56 Å². The number of nitrogens with zero attached hydrogens (tertiary/aromatic N) is 5. The van der Waals surface area contributed by atoms with Crippen LogP contribution in [0.3, 0.4) is 0 Å². The van der Waals surface area contributed by atoms with E-state index in [-0.39, 0.29) is 56.2 Å². The number of phosphoric ester groups is 2. The number of nitrogens with one attached hydrogen (secondary N) is 2. The number of aliphatic hydroxyl groups is 5. The number of hydrogen-bond donors (Lipinski definition) is 10. The van der Waals surface area contributed by atoms with Gasteiger partial charge >= 0.3 is 15.6 Å². The van der Waals surface area contributed by atoms with E-state index < -0.39 is 95.5 Å². The molecule has 2 fully saturated rings. The molecular formula is C24H38N8O18P2. The number of aromatic nitrogens is 3. The van der Waals surface area contributed by atoms with E-state index in [0.717, 1.165) is 6.33 Å². The van der Waals surface area contributed by atoms with Crippen molar-refractivity contribution in [2.75, 3.05) is 51.9 Å². The number of nitrogens with two attached hydrogens (primary N) is 1. The van der Waals surface area contributed by atoms with Crippen LogP contribution >= 0.6 is 15.6 Å². The summed E-state index contributed by atoms with van der Waals surface area (Å²) in [5, 5.41) is 57.5. The summed E-state index contributed by atoms with van der Waals surface area (Å²) in [4.78, 5) is 53.4. The first kappa shape index (κ1) is 41.7. The van der Waals surface area contributed by atoms with Gasteiger partial charge in [-0.1, -0.05) is 5.11 Å². The van der Waals surface area contributed by atoms with Gasteiger partial charge in [0, 0.05) is 30.5 Å². The highest BCUT2D eigenvalue weighted by Gasteiger charge is 2.50. The summed E-state index contributed by atoms with van der Waals surface area (Å²) in [6.45, 7) is -0.890. The first-order valence-electron chi connectivity index (χ1n) is 15.2. The van der Waals surface area contributed by atoms with Crippen molar-refractivity contribution >= 4 is 38.4 Å². The molecule has 2 aliphatic heterocycles. The lowest BCUT2D eigenvalue weighted by molar-refractivity contribution is -0.273. The number of ether oxygens (including phenoxy) is 4. The van der Waals surface area contributed by atoms with Gasteiger partial charge in [0.2, 0.25) is 5.91 Å². The SMILES string of the molecule is [N-]=[N+]=NCCOCCOCCC(=O)NCC1O[C@H](OP(=O)(O)OP(=O)(O)OC[C@H]2O[C@@H](n3cnc4c(=O)[nH]c(N)cc43)C(O)C2O)C(O)C(O)[C@@H]1O. The van der Waals surface area contributed by atoms with E-state index in [1.807, 2.05) is 0 Å². The van der Waals surface area contributed by atoms with Crippen LogP contribution in [0.2, 0.25) is 0 Å². The molecule has 0 aromatic carbocycles. The Kier molecular flexibility index (Phi) is 14.7. The fourth-order valence-electron chi connectivity index (χ4n) is 4.95. The second-order valence-electron chi connectivity index (χ2n) is 11.2. The number of rotatable bonds is 19. The van der Waals surface area contributed by atoms with Crippen molar-refractivity contribution in [1.29, 1.82) is 0 Å². The topological polar surface area (TPSA) is 395 Å². The highest BCUT2D eigenvalue weighted by Crippen LogP contribution is 2.61. The van der Waals surface area contributed by atoms with Crippen LogP contribution in [0.4, 0.5) is 5.82 Å². The van der Waals surface area contributed by atoms with Gasteiger partial charge in [0.1, 0.15) is 48.5 Å². The number of azide groups is 1. The standard InChI is InChI=1S/C24H38N8O18P2/c25-14-7-11-16(22(39)30-14)28-10-32(11)23-20(37)18(35)13(47-23)9-46-51(40,41)50-52(42,43)49-24-21(38)19(36)17(34)12(48-24)8-27-15(33)1-3-44-5-6-45-4-2-29-31-26/h7,10,12-13,17-21,23-24,34-38H,1-6,8-9H2,(H,27,33)(H,40,41)(H,42,43)(H3,25,30,39)/t12?,13-,17-,18?,19?,20?,21?,23-,24-/m1/s1. The molecule has 0 bridgehead atoms. The number of phosphoric acid groups is 2. The summed E-state index contributed by atoms with van der Waals surface area (Å²) >= 11 is 0. The van der Waals surface area contributed by atoms with Crippen molar-refractivity contribution in [3.05, 3.63) is 33.2 Å². The minimum atomic E-state index is -5.70. The lowest BCUT2D eigenvalue weighted by atomic mass is 9.99. The molecule has 0 radical (unpaired) electrons. The molecule has 4 rings (SSSR count). The number of aliphatic hydroxyl groups excluding tert-OH is 5. The molecule has 1 amide bonds. The van der Waals surface area contributed by atoms with Crippen molar-refractivity contribution in [2.24, 2.45) is 5.11 Å². The summed E-state index contributed by atoms with van der Waals surface area (Å²) in [5.41, 5.74) is 13.2. The highest BCUT2D eigenvalue weighted by molar-refractivity contribution is 7.61. The van der Waals surface area contributed by atoms with Crippen molar-refractivity contribution in [2.45, 2.75) is 61.7 Å². The molecule has 11 atom stereocenters. The second-order valence-corrected chi connectivity index (χ2v) is 14.2. The Bertz CT molecular complexity index is 1730. The number of H-pyrrole nitrogens is 1. The first-order valence-corrected chi connectivity index (χ1v) is 18.2. The van der Waals surface area contributed by atoms with E-state index in [2.05, 4.69) is 38.7 Å². The Hall–Kier alpha value is -3.10. The van der Waals surface area contributed by atoms with Gasteiger partial charge in [0.15, 0.2) is 18.0 Å². The second kappa shape index (κ2) is 18.3. The van der Waals surface area contributed by atoms with E-state index >= 15 is 0 Å². The summed E-state index contributed by atoms with van der Waals surface area (Å²) in [7, 11) is -11.3. The van der Waals surface area contributed by atoms with Crippen molar-refractivity contribution in [3.8, 4) is 0 Å². The van der Waals surface area contributed by atoms with Crippen LogP contribution in [0.25, 0.3) is 21.5 Å². The number of fused-ring (bicyclic) bond motifs is 1. The molecule has 2 saturated heterocycles. The predicted molar refractivity (Wildman–Crippen MR) is 168 cm³/mol. The Morgan fingerprint density at radius 3 is 2.42 bits per heavy atom. The third-order valence-corrected chi connectivity index (χ3v) is 10.1. The molecule has 292 valence electrons. The molecule has 0 aliphatic carbocycles. The van der Waals surface area contributed by atoms with Crippen molar-refractivity contribution in [3.63, 3.8) is 0 Å². The maximum absolute atomic E-state index is 12.6. The molecule has 4 heterocycles. The molecule has 0 spiro atoms. The average Bonchev–Trinajstić information content (AvgIpc) is 3.61. The number of anilines is 1. The number of nitrogen functional groups attached to an aromatic ring is 1. The average molecular weight is 789 g/mol. The predicted octanol–water partition coefficient (Wildman–Crippen LogP) is -3.17. The van der Waals surface area contributed by atoms with Crippen LogP contribution in [0.1, 0.15) is 12.6 Å². The monoisotopic (exact) mass is 788 g/mol. The molecule has 26 nitrogen and oxygen atoms in total. The Labute approximate surface area is 291 Å². The molecule has 11 N–H and O–H groups in total. The number of pyridine rings is 1. The zero-order valence-electron chi connectivity index (χ0n) is 26.8. The Balaban J connectivity index is 1.25. The van der Waals surface area contributed by atoms with Crippen LogP contribution in [0.5, 0.6) is 0 Å². The van der Waals surface area contributed by atoms with Crippen molar-refractivity contribution < 1.29 is 81.5 Å². The number of hydrogen-bond acceptors (Lipinski definition) is 19. The highest BCUT2D eigenvalue weighted by atomic mass is 31.3. The van der Waals surface area contributed by atoms with Crippen LogP contribution in [-0.2, 0) is 46.2 Å². The summed E-state index contributed by atoms with van der Waals surface area (Å²) in [6, 6.07) is 1.31. The minimum absolute atomic E-state index is 0.0341. The summed E-state index contributed by atoms with van der Waals surface area (Å²) in [6.07, 6.45) is -15.3. The Morgan fingerprint density at radius 1 is 1.02 bits per heavy atom. The summed E-state index contributed by atoms with van der Waals surface area (Å²) in [5.74, 6) is -0.639.